The molecule has 0 atom stereocenters. The molecule has 0 aliphatic heterocycles. The van der Waals surface area contributed by atoms with Gasteiger partial charge in [-0.1, -0.05) is 34.4 Å². The number of hydrogen-bond acceptors (Lipinski definition) is 4. The van der Waals surface area contributed by atoms with Gasteiger partial charge in [-0.3, -0.25) is 4.79 Å². The molecule has 0 radical (unpaired) electrons. The summed E-state index contributed by atoms with van der Waals surface area (Å²) in [6, 6.07) is 13.8. The topological polar surface area (TPSA) is 64.4 Å². The van der Waals surface area contributed by atoms with Crippen LogP contribution in [-0.4, -0.2) is 11.1 Å². The predicted molar refractivity (Wildman–Crippen MR) is 96.4 cm³/mol. The first-order valence-electron chi connectivity index (χ1n) is 7.43. The van der Waals surface area contributed by atoms with Crippen LogP contribution in [0.4, 0.5) is 5.69 Å². The van der Waals surface area contributed by atoms with Crippen molar-refractivity contribution in [3.63, 3.8) is 0 Å². The van der Waals surface area contributed by atoms with Crippen LogP contribution in [0.1, 0.15) is 21.8 Å². The van der Waals surface area contributed by atoms with E-state index >= 15 is 0 Å². The number of nitrogens with one attached hydrogen (secondary N) is 1. The van der Waals surface area contributed by atoms with Crippen molar-refractivity contribution >= 4 is 34.8 Å². The van der Waals surface area contributed by atoms with Crippen LogP contribution in [0.2, 0.25) is 10.0 Å². The predicted octanol–water partition coefficient (Wildman–Crippen LogP) is 5.12. The smallest absolute Gasteiger partial charge is 0.278 e. The lowest BCUT2D eigenvalue weighted by molar-refractivity contribution is 0.101. The van der Waals surface area contributed by atoms with Crippen molar-refractivity contribution in [3.8, 4) is 5.75 Å². The third kappa shape index (κ3) is 4.32. The standard InChI is InChI=1S/C18H14Cl2N2O3/c1-11-16(10-24-15-7-5-12(19)6-8-15)17(22-25-11)18(23)21-14-4-2-3-13(20)9-14/h2-9H,10H2,1H3,(H,21,23). The Bertz CT molecular complexity index is 892. The molecule has 1 aromatic heterocycles. The van der Waals surface area contributed by atoms with Crippen molar-refractivity contribution in [3.05, 3.63) is 75.6 Å². The molecule has 0 bridgehead atoms. The Morgan fingerprint density at radius 3 is 2.64 bits per heavy atom. The number of hydrogen-bond donors (Lipinski definition) is 1. The number of aromatic nitrogens is 1. The first-order valence-corrected chi connectivity index (χ1v) is 8.19. The fourth-order valence-corrected chi connectivity index (χ4v) is 2.50. The minimum Gasteiger partial charge on any atom is -0.489 e. The van der Waals surface area contributed by atoms with Gasteiger partial charge in [-0.25, -0.2) is 0 Å². The lowest BCUT2D eigenvalue weighted by Gasteiger charge is -2.07. The Morgan fingerprint density at radius 2 is 1.92 bits per heavy atom. The summed E-state index contributed by atoms with van der Waals surface area (Å²) in [5, 5.41) is 7.73. The van der Waals surface area contributed by atoms with Crippen LogP contribution in [0.25, 0.3) is 0 Å². The summed E-state index contributed by atoms with van der Waals surface area (Å²) in [5.74, 6) is 0.755. The molecule has 5 nitrogen and oxygen atoms in total. The second kappa shape index (κ2) is 7.59. The van der Waals surface area contributed by atoms with Crippen LogP contribution in [0.3, 0.4) is 0 Å². The van der Waals surface area contributed by atoms with E-state index in [4.69, 9.17) is 32.5 Å². The number of amides is 1. The Hall–Kier alpha value is -2.50. The molecule has 1 amide bonds. The van der Waals surface area contributed by atoms with Gasteiger partial charge >= 0.3 is 0 Å². The minimum absolute atomic E-state index is 0.148. The highest BCUT2D eigenvalue weighted by atomic mass is 35.5. The first-order chi connectivity index (χ1) is 12.0. The fourth-order valence-electron chi connectivity index (χ4n) is 2.18. The van der Waals surface area contributed by atoms with Gasteiger partial charge in [0.1, 0.15) is 18.1 Å². The molecule has 1 heterocycles. The molecule has 1 N–H and O–H groups in total. The zero-order valence-corrected chi connectivity index (χ0v) is 14.8. The normalized spacial score (nSPS) is 10.5. The average Bonchev–Trinajstić information content (AvgIpc) is 2.95. The molecular formula is C18H14Cl2N2O3. The van der Waals surface area contributed by atoms with Gasteiger partial charge in [-0.15, -0.1) is 0 Å². The van der Waals surface area contributed by atoms with Crippen LogP contribution in [-0.2, 0) is 6.61 Å². The molecular weight excluding hydrogens is 363 g/mol. The second-order valence-electron chi connectivity index (χ2n) is 5.27. The third-order valence-electron chi connectivity index (χ3n) is 3.48. The van der Waals surface area contributed by atoms with E-state index in [1.54, 1.807) is 55.5 Å². The second-order valence-corrected chi connectivity index (χ2v) is 6.15. The molecule has 25 heavy (non-hydrogen) atoms. The van der Waals surface area contributed by atoms with E-state index in [1.165, 1.54) is 0 Å². The quantitative estimate of drug-likeness (QED) is 0.670. The number of benzene rings is 2. The zero-order chi connectivity index (χ0) is 17.8. The molecule has 3 aromatic rings. The van der Waals surface area contributed by atoms with Crippen LogP contribution >= 0.6 is 23.2 Å². The van der Waals surface area contributed by atoms with Crippen LogP contribution in [0.15, 0.2) is 53.1 Å². The average molecular weight is 377 g/mol. The first kappa shape index (κ1) is 17.3. The number of nitrogens with zero attached hydrogens (tertiary/aromatic N) is 1. The van der Waals surface area contributed by atoms with Gasteiger partial charge in [-0.05, 0) is 49.4 Å². The highest BCUT2D eigenvalue weighted by Gasteiger charge is 2.20. The van der Waals surface area contributed by atoms with Gasteiger partial charge in [0.25, 0.3) is 5.91 Å². The molecule has 2 aromatic carbocycles. The molecule has 0 unspecified atom stereocenters. The molecule has 0 fully saturated rings. The van der Waals surface area contributed by atoms with Crippen molar-refractivity contribution < 1.29 is 14.1 Å². The maximum Gasteiger partial charge on any atom is 0.278 e. The highest BCUT2D eigenvalue weighted by Crippen LogP contribution is 2.21. The number of rotatable bonds is 5. The molecule has 3 rings (SSSR count). The Balaban J connectivity index is 1.74. The molecule has 0 saturated carbocycles. The van der Waals surface area contributed by atoms with E-state index in [-0.39, 0.29) is 12.3 Å². The molecule has 7 heteroatoms. The van der Waals surface area contributed by atoms with Crippen LogP contribution in [0.5, 0.6) is 5.75 Å². The van der Waals surface area contributed by atoms with Crippen LogP contribution in [0, 0.1) is 6.92 Å². The van der Waals surface area contributed by atoms with E-state index in [0.29, 0.717) is 32.8 Å². The molecule has 0 aliphatic rings. The number of carbonyl (C=O) groups is 1. The summed E-state index contributed by atoms with van der Waals surface area (Å²) >= 11 is 11.8. The number of aryl methyl sites for hydroxylation is 1. The van der Waals surface area contributed by atoms with Crippen molar-refractivity contribution in [1.29, 1.82) is 0 Å². The van der Waals surface area contributed by atoms with Gasteiger partial charge in [0.2, 0.25) is 0 Å². The molecule has 128 valence electrons. The van der Waals surface area contributed by atoms with Gasteiger partial charge in [-0.2, -0.15) is 0 Å². The van der Waals surface area contributed by atoms with Crippen molar-refractivity contribution in [2.24, 2.45) is 0 Å². The molecule has 0 aliphatic carbocycles. The number of ether oxygens (including phenoxy) is 1. The van der Waals surface area contributed by atoms with E-state index in [9.17, 15) is 4.79 Å². The Kier molecular flexibility index (Phi) is 5.26. The van der Waals surface area contributed by atoms with Crippen molar-refractivity contribution in [2.75, 3.05) is 5.32 Å². The van der Waals surface area contributed by atoms with Gasteiger partial charge in [0, 0.05) is 15.7 Å². The number of anilines is 1. The Labute approximate surface area is 154 Å². The molecule has 0 saturated heterocycles. The Morgan fingerprint density at radius 1 is 1.16 bits per heavy atom. The number of carbonyl (C=O) groups excluding carboxylic acids is 1. The summed E-state index contributed by atoms with van der Waals surface area (Å²) in [6.07, 6.45) is 0. The summed E-state index contributed by atoms with van der Waals surface area (Å²) < 4.78 is 10.8. The fraction of sp³-hybridized carbons (Fsp3) is 0.111. The highest BCUT2D eigenvalue weighted by molar-refractivity contribution is 6.31. The lowest BCUT2D eigenvalue weighted by atomic mass is 10.2. The molecule has 0 spiro atoms. The summed E-state index contributed by atoms with van der Waals surface area (Å²) in [7, 11) is 0. The van der Waals surface area contributed by atoms with Gasteiger partial charge < -0.3 is 14.6 Å². The third-order valence-corrected chi connectivity index (χ3v) is 3.97. The lowest BCUT2D eigenvalue weighted by Crippen LogP contribution is -2.15. The van der Waals surface area contributed by atoms with E-state index in [1.807, 2.05) is 0 Å². The summed E-state index contributed by atoms with van der Waals surface area (Å²) in [4.78, 5) is 12.5. The van der Waals surface area contributed by atoms with E-state index in [0.717, 1.165) is 0 Å². The summed E-state index contributed by atoms with van der Waals surface area (Å²) in [6.45, 7) is 1.87. The van der Waals surface area contributed by atoms with Crippen molar-refractivity contribution in [1.82, 2.24) is 5.16 Å². The monoisotopic (exact) mass is 376 g/mol. The SMILES string of the molecule is Cc1onc(C(=O)Nc2cccc(Cl)c2)c1COc1ccc(Cl)cc1. The maximum absolute atomic E-state index is 12.5. The van der Waals surface area contributed by atoms with E-state index in [2.05, 4.69) is 10.5 Å². The van der Waals surface area contributed by atoms with E-state index < -0.39 is 5.91 Å². The van der Waals surface area contributed by atoms with Gasteiger partial charge in [0.05, 0.1) is 5.56 Å². The van der Waals surface area contributed by atoms with Crippen molar-refractivity contribution in [2.45, 2.75) is 13.5 Å². The van der Waals surface area contributed by atoms with Crippen LogP contribution < -0.4 is 10.1 Å². The maximum atomic E-state index is 12.5. The minimum atomic E-state index is -0.395. The largest absolute Gasteiger partial charge is 0.489 e. The number of halogens is 2. The summed E-state index contributed by atoms with van der Waals surface area (Å²) in [5.41, 5.74) is 1.32. The zero-order valence-electron chi connectivity index (χ0n) is 13.3. The van der Waals surface area contributed by atoms with Gasteiger partial charge in [0.15, 0.2) is 5.69 Å².